The fraction of sp³-hybridized carbons (Fsp3) is 0.545. The molecule has 0 aliphatic rings. The molecule has 4 nitrogen and oxygen atoms in total. The Morgan fingerprint density at radius 3 is 2.69 bits per heavy atom. The van der Waals surface area contributed by atoms with Gasteiger partial charge in [0, 0.05) is 6.54 Å². The van der Waals surface area contributed by atoms with E-state index >= 15 is 0 Å². The van der Waals surface area contributed by atoms with Gasteiger partial charge in [0.2, 0.25) is 0 Å². The minimum atomic E-state index is -0.409. The Kier molecular flexibility index (Phi) is 4.15. The van der Waals surface area contributed by atoms with E-state index in [1.54, 1.807) is 6.07 Å². The predicted molar refractivity (Wildman–Crippen MR) is 66.2 cm³/mol. The maximum Gasteiger partial charge on any atom is 0.256 e. The second kappa shape index (κ2) is 5.01. The molecule has 0 saturated carbocycles. The average Bonchev–Trinajstić information content (AvgIpc) is 2.64. The molecule has 0 spiro atoms. The highest BCUT2D eigenvalue weighted by Gasteiger charge is 2.29. The zero-order valence-corrected chi connectivity index (χ0v) is 11.3. The fourth-order valence-electron chi connectivity index (χ4n) is 1.21. The van der Waals surface area contributed by atoms with E-state index in [9.17, 15) is 4.79 Å². The lowest BCUT2D eigenvalue weighted by Crippen LogP contribution is -2.55. The van der Waals surface area contributed by atoms with Gasteiger partial charge in [0.1, 0.15) is 0 Å². The van der Waals surface area contributed by atoms with Gasteiger partial charge in [-0.1, -0.05) is 13.8 Å². The molecule has 90 valence electrons. The van der Waals surface area contributed by atoms with Crippen LogP contribution in [0.3, 0.4) is 0 Å². The van der Waals surface area contributed by atoms with Crippen molar-refractivity contribution in [2.75, 3.05) is 6.54 Å². The summed E-state index contributed by atoms with van der Waals surface area (Å²) in [6.45, 7) is 6.38. The lowest BCUT2D eigenvalue weighted by molar-refractivity contribution is 0.0881. The molecular weight excluding hydrogens is 272 g/mol. The van der Waals surface area contributed by atoms with Gasteiger partial charge in [-0.05, 0) is 34.8 Å². The zero-order valence-electron chi connectivity index (χ0n) is 9.71. The summed E-state index contributed by atoms with van der Waals surface area (Å²) in [7, 11) is 0. The van der Waals surface area contributed by atoms with Crippen LogP contribution in [-0.2, 0) is 0 Å². The van der Waals surface area contributed by atoms with E-state index in [4.69, 9.17) is 10.2 Å². The molecule has 16 heavy (non-hydrogen) atoms. The highest BCUT2D eigenvalue weighted by Crippen LogP contribution is 2.20. The molecule has 5 heteroatoms. The summed E-state index contributed by atoms with van der Waals surface area (Å²) in [6.07, 6.45) is 1.47. The largest absolute Gasteiger partial charge is 0.457 e. The summed E-state index contributed by atoms with van der Waals surface area (Å²) in [5.74, 6) is 0.0781. The minimum Gasteiger partial charge on any atom is -0.457 e. The van der Waals surface area contributed by atoms with Gasteiger partial charge >= 0.3 is 0 Å². The Labute approximate surface area is 104 Å². The molecule has 0 radical (unpaired) electrons. The van der Waals surface area contributed by atoms with Gasteiger partial charge in [0.05, 0.1) is 17.4 Å². The average molecular weight is 289 g/mol. The first-order valence-electron chi connectivity index (χ1n) is 5.16. The maximum atomic E-state index is 11.9. The number of halogens is 1. The summed E-state index contributed by atoms with van der Waals surface area (Å²) in [5.41, 5.74) is 5.78. The molecule has 1 unspecified atom stereocenters. The van der Waals surface area contributed by atoms with Crippen LogP contribution < -0.4 is 11.1 Å². The Bertz CT molecular complexity index is 376. The molecule has 0 aliphatic heterocycles. The summed E-state index contributed by atoms with van der Waals surface area (Å²) in [6, 6.07) is 1.62. The lowest BCUT2D eigenvalue weighted by Gasteiger charge is -2.33. The van der Waals surface area contributed by atoms with Crippen molar-refractivity contribution >= 4 is 21.8 Å². The van der Waals surface area contributed by atoms with Crippen LogP contribution in [0.1, 0.15) is 31.1 Å². The number of rotatable bonds is 4. The van der Waals surface area contributed by atoms with Crippen LogP contribution in [0, 0.1) is 5.92 Å². The van der Waals surface area contributed by atoms with Crippen LogP contribution in [0.25, 0.3) is 0 Å². The number of hydrogen-bond donors (Lipinski definition) is 2. The number of hydrogen-bond acceptors (Lipinski definition) is 3. The first-order valence-corrected chi connectivity index (χ1v) is 5.95. The molecule has 0 bridgehead atoms. The van der Waals surface area contributed by atoms with E-state index in [1.165, 1.54) is 6.26 Å². The molecule has 1 aromatic heterocycles. The van der Waals surface area contributed by atoms with Crippen LogP contribution in [0.2, 0.25) is 0 Å². The third kappa shape index (κ3) is 2.65. The number of carbonyl (C=O) groups excluding carboxylic acids is 1. The van der Waals surface area contributed by atoms with Crippen molar-refractivity contribution in [1.29, 1.82) is 0 Å². The van der Waals surface area contributed by atoms with E-state index in [-0.39, 0.29) is 11.8 Å². The lowest BCUT2D eigenvalue weighted by atomic mass is 9.88. The molecular formula is C11H17BrN2O2. The number of nitrogens with one attached hydrogen (secondary N) is 1. The fourth-order valence-corrected chi connectivity index (χ4v) is 1.63. The second-order valence-corrected chi connectivity index (χ2v) is 5.06. The molecule has 0 fully saturated rings. The predicted octanol–water partition coefficient (Wildman–Crippen LogP) is 2.15. The molecule has 0 saturated heterocycles. The Balaban J connectivity index is 2.82. The van der Waals surface area contributed by atoms with Gasteiger partial charge in [-0.2, -0.15) is 0 Å². The van der Waals surface area contributed by atoms with E-state index in [1.807, 2.05) is 20.8 Å². The van der Waals surface area contributed by atoms with Gasteiger partial charge in [-0.25, -0.2) is 0 Å². The smallest absolute Gasteiger partial charge is 0.256 e. The van der Waals surface area contributed by atoms with Crippen LogP contribution in [0.4, 0.5) is 0 Å². The summed E-state index contributed by atoms with van der Waals surface area (Å²) in [5, 5.41) is 2.93. The van der Waals surface area contributed by atoms with Gasteiger partial charge in [-0.15, -0.1) is 0 Å². The van der Waals surface area contributed by atoms with Crippen molar-refractivity contribution in [2.24, 2.45) is 11.7 Å². The van der Waals surface area contributed by atoms with E-state index in [2.05, 4.69) is 21.2 Å². The third-order valence-corrected chi connectivity index (χ3v) is 3.57. The number of furan rings is 1. The molecule has 1 rings (SSSR count). The highest BCUT2D eigenvalue weighted by atomic mass is 79.9. The monoisotopic (exact) mass is 288 g/mol. The zero-order chi connectivity index (χ0) is 12.3. The molecule has 0 aromatic carbocycles. The molecule has 0 aliphatic carbocycles. The van der Waals surface area contributed by atoms with Crippen molar-refractivity contribution in [3.63, 3.8) is 0 Å². The summed E-state index contributed by atoms with van der Waals surface area (Å²) >= 11 is 3.17. The van der Waals surface area contributed by atoms with E-state index < -0.39 is 5.54 Å². The van der Waals surface area contributed by atoms with E-state index in [0.29, 0.717) is 16.8 Å². The number of nitrogens with two attached hydrogens (primary N) is 1. The Hall–Kier alpha value is -0.810. The van der Waals surface area contributed by atoms with Crippen molar-refractivity contribution in [1.82, 2.24) is 5.32 Å². The highest BCUT2D eigenvalue weighted by molar-refractivity contribution is 9.10. The molecule has 1 atom stereocenters. The molecule has 1 heterocycles. The third-order valence-electron chi connectivity index (χ3n) is 2.96. The molecule has 1 aromatic rings. The van der Waals surface area contributed by atoms with Crippen molar-refractivity contribution in [3.05, 3.63) is 22.6 Å². The SMILES string of the molecule is CC(C)C(C)(CN)NC(=O)c1ccoc1Br. The Morgan fingerprint density at radius 1 is 1.69 bits per heavy atom. The maximum absolute atomic E-state index is 11.9. The Morgan fingerprint density at radius 2 is 2.31 bits per heavy atom. The summed E-state index contributed by atoms with van der Waals surface area (Å²) in [4.78, 5) is 11.9. The minimum absolute atomic E-state index is 0.178. The quantitative estimate of drug-likeness (QED) is 0.892. The van der Waals surface area contributed by atoms with Gasteiger partial charge in [0.25, 0.3) is 5.91 Å². The number of carbonyl (C=O) groups is 1. The van der Waals surface area contributed by atoms with Crippen molar-refractivity contribution < 1.29 is 9.21 Å². The van der Waals surface area contributed by atoms with Gasteiger partial charge in [-0.3, -0.25) is 4.79 Å². The van der Waals surface area contributed by atoms with Gasteiger partial charge in [0.15, 0.2) is 4.67 Å². The summed E-state index contributed by atoms with van der Waals surface area (Å²) < 4.78 is 5.46. The normalized spacial score (nSPS) is 14.9. The van der Waals surface area contributed by atoms with Crippen LogP contribution in [-0.4, -0.2) is 18.0 Å². The van der Waals surface area contributed by atoms with Crippen LogP contribution in [0.15, 0.2) is 21.4 Å². The van der Waals surface area contributed by atoms with Crippen molar-refractivity contribution in [2.45, 2.75) is 26.3 Å². The first kappa shape index (κ1) is 13.3. The van der Waals surface area contributed by atoms with Crippen LogP contribution >= 0.6 is 15.9 Å². The molecule has 3 N–H and O–H groups in total. The second-order valence-electron chi connectivity index (χ2n) is 4.34. The van der Waals surface area contributed by atoms with Crippen LogP contribution in [0.5, 0.6) is 0 Å². The number of amides is 1. The van der Waals surface area contributed by atoms with E-state index in [0.717, 1.165) is 0 Å². The first-order chi connectivity index (χ1) is 7.40. The molecule has 1 amide bonds. The van der Waals surface area contributed by atoms with Gasteiger partial charge < -0.3 is 15.5 Å². The van der Waals surface area contributed by atoms with Crippen molar-refractivity contribution in [3.8, 4) is 0 Å². The topological polar surface area (TPSA) is 68.3 Å². The standard InChI is InChI=1S/C11H17BrN2O2/c1-7(2)11(3,6-13)14-10(15)8-4-5-16-9(8)12/h4-5,7H,6,13H2,1-3H3,(H,14,15).